The van der Waals surface area contributed by atoms with Crippen LogP contribution in [0.5, 0.6) is 0 Å². The number of aromatic nitrogens is 3. The molecule has 5 nitrogen and oxygen atoms in total. The number of carbonyl (C=O) groups excluding carboxylic acids is 1. The third-order valence-corrected chi connectivity index (χ3v) is 4.50. The lowest BCUT2D eigenvalue weighted by Gasteiger charge is -2.16. The van der Waals surface area contributed by atoms with E-state index in [1.165, 1.54) is 18.4 Å². The Labute approximate surface area is 137 Å². The number of benzene rings is 1. The quantitative estimate of drug-likeness (QED) is 0.923. The van der Waals surface area contributed by atoms with Gasteiger partial charge in [-0.15, -0.1) is 10.2 Å². The summed E-state index contributed by atoms with van der Waals surface area (Å²) in [5, 5.41) is 11.2. The normalized spacial score (nSPS) is 17.3. The van der Waals surface area contributed by atoms with Gasteiger partial charge in [0.25, 0.3) is 5.91 Å². The lowest BCUT2D eigenvalue weighted by molar-refractivity contribution is 0.0933. The third-order valence-electron chi connectivity index (χ3n) is 4.50. The SMILES string of the molecule is CCCCc1ccc(C(=O)NC2CCc3nncn3CC2)cc1. The monoisotopic (exact) mass is 312 g/mol. The maximum absolute atomic E-state index is 12.4. The first-order chi connectivity index (χ1) is 11.3. The Hall–Kier alpha value is -2.17. The Morgan fingerprint density at radius 3 is 2.91 bits per heavy atom. The average Bonchev–Trinajstić information content (AvgIpc) is 2.95. The first-order valence-corrected chi connectivity index (χ1v) is 8.52. The highest BCUT2D eigenvalue weighted by atomic mass is 16.1. The topological polar surface area (TPSA) is 59.8 Å². The van der Waals surface area contributed by atoms with Gasteiger partial charge in [-0.3, -0.25) is 4.79 Å². The van der Waals surface area contributed by atoms with Crippen LogP contribution in [0, 0.1) is 0 Å². The smallest absolute Gasteiger partial charge is 0.251 e. The molecular weight excluding hydrogens is 288 g/mol. The zero-order chi connectivity index (χ0) is 16.1. The van der Waals surface area contributed by atoms with Crippen molar-refractivity contribution in [3.63, 3.8) is 0 Å². The molecule has 0 saturated carbocycles. The van der Waals surface area contributed by atoms with Crippen LogP contribution in [-0.4, -0.2) is 26.7 Å². The van der Waals surface area contributed by atoms with Crippen molar-refractivity contribution in [2.75, 3.05) is 0 Å². The van der Waals surface area contributed by atoms with E-state index in [4.69, 9.17) is 0 Å². The highest BCUT2D eigenvalue weighted by Crippen LogP contribution is 2.14. The van der Waals surface area contributed by atoms with Gasteiger partial charge < -0.3 is 9.88 Å². The van der Waals surface area contributed by atoms with E-state index in [1.807, 2.05) is 12.1 Å². The van der Waals surface area contributed by atoms with E-state index in [2.05, 4.69) is 39.1 Å². The van der Waals surface area contributed by atoms with Crippen LogP contribution < -0.4 is 5.32 Å². The van der Waals surface area contributed by atoms with E-state index < -0.39 is 0 Å². The molecule has 122 valence electrons. The summed E-state index contributed by atoms with van der Waals surface area (Å²) in [6, 6.07) is 8.21. The summed E-state index contributed by atoms with van der Waals surface area (Å²) in [6.07, 6.45) is 7.94. The molecule has 2 aromatic rings. The van der Waals surface area contributed by atoms with E-state index in [0.717, 1.165) is 43.6 Å². The molecule has 3 rings (SSSR count). The van der Waals surface area contributed by atoms with Crippen molar-refractivity contribution in [2.24, 2.45) is 0 Å². The minimum absolute atomic E-state index is 0.0229. The Morgan fingerprint density at radius 2 is 2.13 bits per heavy atom. The van der Waals surface area contributed by atoms with Crippen molar-refractivity contribution in [1.82, 2.24) is 20.1 Å². The van der Waals surface area contributed by atoms with Crippen molar-refractivity contribution in [1.29, 1.82) is 0 Å². The van der Waals surface area contributed by atoms with Crippen LogP contribution in [0.15, 0.2) is 30.6 Å². The summed E-state index contributed by atoms with van der Waals surface area (Å²) in [7, 11) is 0. The molecular formula is C18H24N4O. The van der Waals surface area contributed by atoms with E-state index in [0.29, 0.717) is 0 Å². The Kier molecular flexibility index (Phi) is 5.05. The fourth-order valence-corrected chi connectivity index (χ4v) is 3.02. The predicted octanol–water partition coefficient (Wildman–Crippen LogP) is 2.76. The van der Waals surface area contributed by atoms with Crippen LogP contribution in [0.25, 0.3) is 0 Å². The number of nitrogens with one attached hydrogen (secondary N) is 1. The number of fused-ring (bicyclic) bond motifs is 1. The summed E-state index contributed by atoms with van der Waals surface area (Å²) in [6.45, 7) is 3.06. The van der Waals surface area contributed by atoms with Gasteiger partial charge in [0, 0.05) is 24.6 Å². The second kappa shape index (κ2) is 7.40. The number of rotatable bonds is 5. The van der Waals surface area contributed by atoms with Gasteiger partial charge in [-0.2, -0.15) is 0 Å². The predicted molar refractivity (Wildman–Crippen MR) is 89.3 cm³/mol. The van der Waals surface area contributed by atoms with E-state index in [-0.39, 0.29) is 11.9 Å². The molecule has 5 heteroatoms. The molecule has 0 spiro atoms. The van der Waals surface area contributed by atoms with Gasteiger partial charge in [-0.1, -0.05) is 25.5 Å². The molecule has 1 amide bonds. The minimum atomic E-state index is 0.0229. The fourth-order valence-electron chi connectivity index (χ4n) is 3.02. The molecule has 23 heavy (non-hydrogen) atoms. The lowest BCUT2D eigenvalue weighted by Crippen LogP contribution is -2.35. The van der Waals surface area contributed by atoms with E-state index in [1.54, 1.807) is 6.33 Å². The molecule has 0 bridgehead atoms. The maximum Gasteiger partial charge on any atom is 0.251 e. The Bertz CT molecular complexity index is 625. The summed E-state index contributed by atoms with van der Waals surface area (Å²) in [5.41, 5.74) is 2.05. The Morgan fingerprint density at radius 1 is 1.30 bits per heavy atom. The van der Waals surface area contributed by atoms with Crippen molar-refractivity contribution in [2.45, 2.75) is 58.0 Å². The van der Waals surface area contributed by atoms with Crippen LogP contribution in [0.2, 0.25) is 0 Å². The summed E-state index contributed by atoms with van der Waals surface area (Å²) in [5.74, 6) is 1.04. The number of aryl methyl sites for hydroxylation is 3. The molecule has 1 aromatic heterocycles. The van der Waals surface area contributed by atoms with Crippen LogP contribution >= 0.6 is 0 Å². The molecule has 0 radical (unpaired) electrons. The van der Waals surface area contributed by atoms with Gasteiger partial charge in [-0.25, -0.2) is 0 Å². The van der Waals surface area contributed by atoms with Crippen molar-refractivity contribution in [3.8, 4) is 0 Å². The first kappa shape index (κ1) is 15.7. The number of hydrogen-bond acceptors (Lipinski definition) is 3. The number of hydrogen-bond donors (Lipinski definition) is 1. The largest absolute Gasteiger partial charge is 0.349 e. The number of unbranched alkanes of at least 4 members (excludes halogenated alkanes) is 1. The molecule has 1 aliphatic heterocycles. The highest BCUT2D eigenvalue weighted by Gasteiger charge is 2.19. The van der Waals surface area contributed by atoms with Gasteiger partial charge in [0.2, 0.25) is 0 Å². The summed E-state index contributed by atoms with van der Waals surface area (Å²) in [4.78, 5) is 12.4. The molecule has 1 N–H and O–H groups in total. The molecule has 0 saturated heterocycles. The number of amides is 1. The van der Waals surface area contributed by atoms with Gasteiger partial charge in [0.15, 0.2) is 0 Å². The summed E-state index contributed by atoms with van der Waals surface area (Å²) < 4.78 is 2.08. The van der Waals surface area contributed by atoms with Crippen LogP contribution in [0.1, 0.15) is 54.4 Å². The minimum Gasteiger partial charge on any atom is -0.349 e. The van der Waals surface area contributed by atoms with Crippen molar-refractivity contribution >= 4 is 5.91 Å². The molecule has 2 heterocycles. The molecule has 1 atom stereocenters. The molecule has 0 aliphatic carbocycles. The number of nitrogens with zero attached hydrogens (tertiary/aromatic N) is 3. The maximum atomic E-state index is 12.4. The van der Waals surface area contributed by atoms with Crippen molar-refractivity contribution < 1.29 is 4.79 Å². The van der Waals surface area contributed by atoms with Gasteiger partial charge in [0.05, 0.1) is 0 Å². The summed E-state index contributed by atoms with van der Waals surface area (Å²) >= 11 is 0. The fraction of sp³-hybridized carbons (Fsp3) is 0.500. The zero-order valence-corrected chi connectivity index (χ0v) is 13.7. The van der Waals surface area contributed by atoms with Crippen molar-refractivity contribution in [3.05, 3.63) is 47.5 Å². The molecule has 0 fully saturated rings. The van der Waals surface area contributed by atoms with Gasteiger partial charge in [0.1, 0.15) is 12.2 Å². The molecule has 1 aromatic carbocycles. The second-order valence-electron chi connectivity index (χ2n) is 6.24. The zero-order valence-electron chi connectivity index (χ0n) is 13.7. The van der Waals surface area contributed by atoms with Crippen LogP contribution in [0.4, 0.5) is 0 Å². The lowest BCUT2D eigenvalue weighted by atomic mass is 10.0. The van der Waals surface area contributed by atoms with Gasteiger partial charge in [-0.05, 0) is 43.4 Å². The molecule has 1 unspecified atom stereocenters. The average molecular weight is 312 g/mol. The Balaban J connectivity index is 1.55. The molecule has 1 aliphatic rings. The van der Waals surface area contributed by atoms with E-state index >= 15 is 0 Å². The highest BCUT2D eigenvalue weighted by molar-refractivity contribution is 5.94. The second-order valence-corrected chi connectivity index (χ2v) is 6.24. The van der Waals surface area contributed by atoms with E-state index in [9.17, 15) is 4.79 Å². The third kappa shape index (κ3) is 3.97. The standard InChI is InChI=1S/C18H24N4O/c1-2-3-4-14-5-7-15(8-6-14)18(23)20-16-9-10-17-21-19-13-22(17)12-11-16/h5-8,13,16H,2-4,9-12H2,1H3,(H,20,23). The first-order valence-electron chi connectivity index (χ1n) is 8.52. The number of carbonyl (C=O) groups is 1. The van der Waals surface area contributed by atoms with Crippen LogP contribution in [-0.2, 0) is 19.4 Å². The van der Waals surface area contributed by atoms with Gasteiger partial charge >= 0.3 is 0 Å². The van der Waals surface area contributed by atoms with Crippen LogP contribution in [0.3, 0.4) is 0 Å².